The third-order valence-electron chi connectivity index (χ3n) is 4.80. The number of rotatable bonds is 4. The van der Waals surface area contributed by atoms with Gasteiger partial charge in [0.1, 0.15) is 0 Å². The van der Waals surface area contributed by atoms with Gasteiger partial charge < -0.3 is 10.4 Å². The zero-order valence-corrected chi connectivity index (χ0v) is 13.7. The molecule has 1 amide bonds. The summed E-state index contributed by atoms with van der Waals surface area (Å²) in [5.74, 6) is 0.115. The van der Waals surface area contributed by atoms with Crippen LogP contribution in [0.2, 0.25) is 0 Å². The maximum absolute atomic E-state index is 12.8. The van der Waals surface area contributed by atoms with Gasteiger partial charge in [0.05, 0.1) is 23.2 Å². The van der Waals surface area contributed by atoms with Gasteiger partial charge in [-0.15, -0.1) is 0 Å². The number of fused-ring (bicyclic) bond motifs is 1. The third kappa shape index (κ3) is 3.23. The normalized spacial score (nSPS) is 20.7. The quantitative estimate of drug-likeness (QED) is 0.770. The summed E-state index contributed by atoms with van der Waals surface area (Å²) in [5, 5.41) is 12.8. The Bertz CT molecular complexity index is 892. The number of hydrogen-bond donors (Lipinski definition) is 2. The number of amides is 1. The summed E-state index contributed by atoms with van der Waals surface area (Å²) in [6.45, 7) is 0. The first kappa shape index (κ1) is 15.7. The Morgan fingerprint density at radius 3 is 2.48 bits per heavy atom. The number of hydrogen-bond acceptors (Lipinski definition) is 4. The second kappa shape index (κ2) is 6.61. The Morgan fingerprint density at radius 1 is 1.04 bits per heavy atom. The molecular weight excluding hydrogens is 314 g/mol. The predicted molar refractivity (Wildman–Crippen MR) is 94.9 cm³/mol. The molecule has 1 aliphatic carbocycles. The molecule has 25 heavy (non-hydrogen) atoms. The molecule has 0 aliphatic heterocycles. The van der Waals surface area contributed by atoms with Gasteiger partial charge in [0.2, 0.25) is 0 Å². The van der Waals surface area contributed by atoms with Crippen LogP contribution in [0.15, 0.2) is 60.9 Å². The van der Waals surface area contributed by atoms with E-state index in [1.807, 2.05) is 36.4 Å². The Morgan fingerprint density at radius 2 is 1.76 bits per heavy atom. The average molecular weight is 333 g/mol. The van der Waals surface area contributed by atoms with Crippen molar-refractivity contribution in [2.24, 2.45) is 5.92 Å². The standard InChI is InChI=1S/C20H19N3O2/c24-16-10-15(11-16)19(13-4-2-1-3-5-13)23-20(25)14-6-7-17-18(12-14)22-9-8-21-17/h1-9,12,15-16,19,24H,10-11H2,(H,23,25)/t15?,16?,19-/m1/s1. The minimum Gasteiger partial charge on any atom is -0.393 e. The maximum Gasteiger partial charge on any atom is 0.251 e. The van der Waals surface area contributed by atoms with Gasteiger partial charge in [-0.1, -0.05) is 30.3 Å². The number of aliphatic hydroxyl groups is 1. The molecule has 5 heteroatoms. The van der Waals surface area contributed by atoms with Crippen LogP contribution in [-0.2, 0) is 0 Å². The molecule has 0 radical (unpaired) electrons. The molecule has 126 valence electrons. The van der Waals surface area contributed by atoms with Crippen molar-refractivity contribution in [3.05, 3.63) is 72.1 Å². The number of nitrogens with one attached hydrogen (secondary N) is 1. The van der Waals surface area contributed by atoms with Crippen molar-refractivity contribution >= 4 is 16.9 Å². The highest BCUT2D eigenvalue weighted by molar-refractivity contribution is 5.97. The van der Waals surface area contributed by atoms with E-state index in [0.717, 1.165) is 11.1 Å². The Balaban J connectivity index is 1.59. The number of carbonyl (C=O) groups is 1. The van der Waals surface area contributed by atoms with Crippen molar-refractivity contribution in [1.82, 2.24) is 15.3 Å². The van der Waals surface area contributed by atoms with Gasteiger partial charge >= 0.3 is 0 Å². The van der Waals surface area contributed by atoms with E-state index >= 15 is 0 Å². The van der Waals surface area contributed by atoms with Crippen LogP contribution in [0.3, 0.4) is 0 Å². The van der Waals surface area contributed by atoms with Gasteiger partial charge in [0.15, 0.2) is 0 Å². The molecule has 2 N–H and O–H groups in total. The van der Waals surface area contributed by atoms with E-state index in [9.17, 15) is 9.90 Å². The topological polar surface area (TPSA) is 75.1 Å². The second-order valence-corrected chi connectivity index (χ2v) is 6.51. The van der Waals surface area contributed by atoms with Gasteiger partial charge in [-0.05, 0) is 42.5 Å². The Kier molecular flexibility index (Phi) is 4.15. The first-order chi connectivity index (χ1) is 12.2. The van der Waals surface area contributed by atoms with Crippen molar-refractivity contribution < 1.29 is 9.90 Å². The molecule has 1 aromatic heterocycles. The van der Waals surface area contributed by atoms with Crippen molar-refractivity contribution in [2.45, 2.75) is 25.0 Å². The van der Waals surface area contributed by atoms with Gasteiger partial charge in [-0.3, -0.25) is 14.8 Å². The SMILES string of the molecule is O=C(N[C@H](c1ccccc1)C1CC(O)C1)c1ccc2nccnc2c1. The summed E-state index contributed by atoms with van der Waals surface area (Å²) >= 11 is 0. The molecule has 5 nitrogen and oxygen atoms in total. The molecule has 0 saturated heterocycles. The third-order valence-corrected chi connectivity index (χ3v) is 4.80. The average Bonchev–Trinajstić information content (AvgIpc) is 2.64. The molecule has 2 aromatic carbocycles. The van der Waals surface area contributed by atoms with Gasteiger partial charge in [-0.2, -0.15) is 0 Å². The smallest absolute Gasteiger partial charge is 0.251 e. The highest BCUT2D eigenvalue weighted by Gasteiger charge is 2.35. The highest BCUT2D eigenvalue weighted by atomic mass is 16.3. The lowest BCUT2D eigenvalue weighted by Gasteiger charge is -2.38. The van der Waals surface area contributed by atoms with Crippen molar-refractivity contribution in [3.8, 4) is 0 Å². The second-order valence-electron chi connectivity index (χ2n) is 6.51. The molecule has 1 aliphatic rings. The number of carbonyl (C=O) groups excluding carboxylic acids is 1. The summed E-state index contributed by atoms with van der Waals surface area (Å²) in [6.07, 6.45) is 4.41. The zero-order valence-electron chi connectivity index (χ0n) is 13.7. The van der Waals surface area contributed by atoms with Crippen molar-refractivity contribution in [3.63, 3.8) is 0 Å². The van der Waals surface area contributed by atoms with Crippen molar-refractivity contribution in [2.75, 3.05) is 0 Å². The lowest BCUT2D eigenvalue weighted by molar-refractivity contribution is 0.0235. The fourth-order valence-electron chi connectivity index (χ4n) is 3.36. The number of aromatic nitrogens is 2. The largest absolute Gasteiger partial charge is 0.393 e. The predicted octanol–water partition coefficient (Wildman–Crippen LogP) is 2.87. The minimum atomic E-state index is -0.260. The van der Waals surface area contributed by atoms with Crippen LogP contribution in [-0.4, -0.2) is 27.1 Å². The van der Waals surface area contributed by atoms with Crippen LogP contribution >= 0.6 is 0 Å². The number of benzene rings is 2. The Labute approximate surface area is 145 Å². The van der Waals surface area contributed by atoms with Crippen LogP contribution < -0.4 is 5.32 Å². The summed E-state index contributed by atoms with van der Waals surface area (Å²) in [7, 11) is 0. The summed E-state index contributed by atoms with van der Waals surface area (Å²) in [5.41, 5.74) is 3.09. The van der Waals surface area contributed by atoms with Crippen LogP contribution in [0.1, 0.15) is 34.8 Å². The molecule has 0 bridgehead atoms. The van der Waals surface area contributed by atoms with Gasteiger partial charge in [0.25, 0.3) is 5.91 Å². The first-order valence-electron chi connectivity index (χ1n) is 8.45. The molecular formula is C20H19N3O2. The highest BCUT2D eigenvalue weighted by Crippen LogP contribution is 2.38. The zero-order chi connectivity index (χ0) is 17.2. The van der Waals surface area contributed by atoms with Gasteiger partial charge in [0, 0.05) is 18.0 Å². The van der Waals surface area contributed by atoms with E-state index in [1.165, 1.54) is 0 Å². The molecule has 1 fully saturated rings. The van der Waals surface area contributed by atoms with Crippen LogP contribution in [0, 0.1) is 5.92 Å². The fourth-order valence-corrected chi connectivity index (χ4v) is 3.36. The lowest BCUT2D eigenvalue weighted by atomic mass is 9.75. The van der Waals surface area contributed by atoms with E-state index < -0.39 is 0 Å². The molecule has 4 rings (SSSR count). The molecule has 1 heterocycles. The monoisotopic (exact) mass is 333 g/mol. The first-order valence-corrected chi connectivity index (χ1v) is 8.45. The van der Waals surface area contributed by atoms with Crippen LogP contribution in [0.25, 0.3) is 11.0 Å². The summed E-state index contributed by atoms with van der Waals surface area (Å²) < 4.78 is 0. The van der Waals surface area contributed by atoms with E-state index in [2.05, 4.69) is 15.3 Å². The number of nitrogens with zero attached hydrogens (tertiary/aromatic N) is 2. The fraction of sp³-hybridized carbons (Fsp3) is 0.250. The minimum absolute atomic E-state index is 0.102. The molecule has 0 spiro atoms. The summed E-state index contributed by atoms with van der Waals surface area (Å²) in [6, 6.07) is 15.2. The molecule has 0 unspecified atom stereocenters. The van der Waals surface area contributed by atoms with E-state index in [0.29, 0.717) is 23.9 Å². The van der Waals surface area contributed by atoms with Crippen molar-refractivity contribution in [1.29, 1.82) is 0 Å². The van der Waals surface area contributed by atoms with Crippen LogP contribution in [0.5, 0.6) is 0 Å². The molecule has 1 atom stereocenters. The van der Waals surface area contributed by atoms with E-state index in [1.54, 1.807) is 24.5 Å². The lowest BCUT2D eigenvalue weighted by Crippen LogP contribution is -2.41. The molecule has 3 aromatic rings. The number of aliphatic hydroxyl groups excluding tert-OH is 1. The van der Waals surface area contributed by atoms with E-state index in [4.69, 9.17) is 0 Å². The maximum atomic E-state index is 12.8. The summed E-state index contributed by atoms with van der Waals surface area (Å²) in [4.78, 5) is 21.3. The van der Waals surface area contributed by atoms with Gasteiger partial charge in [-0.25, -0.2) is 0 Å². The molecule has 1 saturated carbocycles. The van der Waals surface area contributed by atoms with Crippen LogP contribution in [0.4, 0.5) is 0 Å². The van der Waals surface area contributed by atoms with E-state index in [-0.39, 0.29) is 24.0 Å². The Hall–Kier alpha value is -2.79.